The highest BCUT2D eigenvalue weighted by Crippen LogP contribution is 2.35. The Kier molecular flexibility index (Phi) is 4.90. The van der Waals surface area contributed by atoms with Crippen molar-refractivity contribution in [2.75, 3.05) is 16.8 Å². The molecule has 6 heteroatoms. The highest BCUT2D eigenvalue weighted by atomic mass is 32.1. The topological polar surface area (TPSA) is 62.3 Å². The van der Waals surface area contributed by atoms with Gasteiger partial charge in [-0.2, -0.15) is 0 Å². The Morgan fingerprint density at radius 2 is 2.16 bits per heavy atom. The largest absolute Gasteiger partial charge is 0.312 e. The molecule has 0 bridgehead atoms. The molecule has 3 rings (SSSR count). The van der Waals surface area contributed by atoms with Crippen LogP contribution >= 0.6 is 11.3 Å². The molecule has 0 spiro atoms. The molecule has 5 nitrogen and oxygen atoms in total. The summed E-state index contributed by atoms with van der Waals surface area (Å²) in [4.78, 5) is 31.3. The van der Waals surface area contributed by atoms with Gasteiger partial charge in [-0.05, 0) is 37.5 Å². The Balaban J connectivity index is 1.86. The van der Waals surface area contributed by atoms with Crippen molar-refractivity contribution in [2.24, 2.45) is 5.92 Å². The summed E-state index contributed by atoms with van der Waals surface area (Å²) in [5.74, 6) is 0.0606. The Morgan fingerprint density at radius 3 is 2.84 bits per heavy atom. The summed E-state index contributed by atoms with van der Waals surface area (Å²) in [5, 5.41) is 3.56. The third-order valence-corrected chi connectivity index (χ3v) is 5.60. The highest BCUT2D eigenvalue weighted by molar-refractivity contribution is 7.16. The molecule has 25 heavy (non-hydrogen) atoms. The fourth-order valence-electron chi connectivity index (χ4n) is 3.01. The third kappa shape index (κ3) is 3.44. The number of anilines is 2. The summed E-state index contributed by atoms with van der Waals surface area (Å²) in [6.07, 6.45) is 1.67. The first-order valence-electron chi connectivity index (χ1n) is 8.60. The number of benzene rings is 1. The summed E-state index contributed by atoms with van der Waals surface area (Å²) in [5.41, 5.74) is 4.09. The van der Waals surface area contributed by atoms with Gasteiger partial charge in [0.15, 0.2) is 5.13 Å². The van der Waals surface area contributed by atoms with Gasteiger partial charge in [-0.25, -0.2) is 4.98 Å². The Bertz CT molecular complexity index is 828. The molecular formula is C19H23N3O2S. The van der Waals surface area contributed by atoms with E-state index < -0.39 is 0 Å². The van der Waals surface area contributed by atoms with Gasteiger partial charge in [0, 0.05) is 35.5 Å². The molecule has 132 valence electrons. The fraction of sp³-hybridized carbons (Fsp3) is 0.421. The van der Waals surface area contributed by atoms with Crippen LogP contribution in [0.4, 0.5) is 10.8 Å². The Morgan fingerprint density at radius 1 is 1.40 bits per heavy atom. The number of thiazole rings is 1. The Hall–Kier alpha value is -2.21. The molecule has 1 atom stereocenters. The molecule has 1 aromatic carbocycles. The third-order valence-electron chi connectivity index (χ3n) is 4.72. The van der Waals surface area contributed by atoms with E-state index in [2.05, 4.69) is 16.4 Å². The number of carbonyl (C=O) groups excluding carboxylic acids is 2. The summed E-state index contributed by atoms with van der Waals surface area (Å²) in [6, 6.07) is 6.11. The predicted octanol–water partition coefficient (Wildman–Crippen LogP) is 4.01. The minimum absolute atomic E-state index is 0.00820. The first kappa shape index (κ1) is 17.6. The second-order valence-electron chi connectivity index (χ2n) is 6.49. The lowest BCUT2D eigenvalue weighted by atomic mass is 10.1. The summed E-state index contributed by atoms with van der Waals surface area (Å²) >= 11 is 1.50. The molecule has 1 N–H and O–H groups in total. The molecular weight excluding hydrogens is 334 g/mol. The van der Waals surface area contributed by atoms with Crippen LogP contribution in [0.1, 0.15) is 37.6 Å². The SMILES string of the molecule is CCC(C)C(=O)Nc1nc(-c2ccc3c(c2)CCN3C(C)=O)c(C)s1. The van der Waals surface area contributed by atoms with Crippen LogP contribution in [0.5, 0.6) is 0 Å². The van der Waals surface area contributed by atoms with Crippen molar-refractivity contribution in [3.8, 4) is 11.3 Å². The number of aryl methyl sites for hydroxylation is 1. The van der Waals surface area contributed by atoms with Gasteiger partial charge in [-0.15, -0.1) is 11.3 Å². The molecule has 0 saturated heterocycles. The minimum Gasteiger partial charge on any atom is -0.312 e. The van der Waals surface area contributed by atoms with Crippen molar-refractivity contribution >= 4 is 34.0 Å². The Labute approximate surface area is 152 Å². The molecule has 2 aromatic rings. The van der Waals surface area contributed by atoms with E-state index in [1.807, 2.05) is 37.8 Å². The average Bonchev–Trinajstić information content (AvgIpc) is 3.16. The number of nitrogens with one attached hydrogen (secondary N) is 1. The smallest absolute Gasteiger partial charge is 0.228 e. The predicted molar refractivity (Wildman–Crippen MR) is 102 cm³/mol. The van der Waals surface area contributed by atoms with Crippen LogP contribution in [0.15, 0.2) is 18.2 Å². The molecule has 1 unspecified atom stereocenters. The van der Waals surface area contributed by atoms with E-state index >= 15 is 0 Å². The number of carbonyl (C=O) groups is 2. The molecule has 0 aliphatic carbocycles. The van der Waals surface area contributed by atoms with Crippen LogP contribution in [0.25, 0.3) is 11.3 Å². The number of rotatable bonds is 4. The number of amides is 2. The van der Waals surface area contributed by atoms with Gasteiger partial charge in [0.1, 0.15) is 0 Å². The van der Waals surface area contributed by atoms with Crippen LogP contribution in [0.3, 0.4) is 0 Å². The van der Waals surface area contributed by atoms with Gasteiger partial charge in [-0.1, -0.05) is 19.9 Å². The normalized spacial score (nSPS) is 14.3. The molecule has 0 radical (unpaired) electrons. The van der Waals surface area contributed by atoms with Crippen LogP contribution in [-0.2, 0) is 16.0 Å². The van der Waals surface area contributed by atoms with E-state index in [4.69, 9.17) is 0 Å². The zero-order valence-corrected chi connectivity index (χ0v) is 15.9. The monoisotopic (exact) mass is 357 g/mol. The van der Waals surface area contributed by atoms with E-state index in [0.717, 1.165) is 41.2 Å². The van der Waals surface area contributed by atoms with Gasteiger partial charge >= 0.3 is 0 Å². The first-order valence-corrected chi connectivity index (χ1v) is 9.42. The van der Waals surface area contributed by atoms with Crippen molar-refractivity contribution < 1.29 is 9.59 Å². The zero-order valence-electron chi connectivity index (χ0n) is 15.0. The first-order chi connectivity index (χ1) is 11.9. The lowest BCUT2D eigenvalue weighted by Crippen LogP contribution is -2.25. The quantitative estimate of drug-likeness (QED) is 0.899. The summed E-state index contributed by atoms with van der Waals surface area (Å²) in [7, 11) is 0. The van der Waals surface area contributed by atoms with E-state index in [-0.39, 0.29) is 17.7 Å². The number of aromatic nitrogens is 1. The van der Waals surface area contributed by atoms with Crippen molar-refractivity contribution in [1.29, 1.82) is 0 Å². The standard InChI is InChI=1S/C19H23N3O2S/c1-5-11(2)18(24)21-19-20-17(12(3)25-19)15-6-7-16-14(10-15)8-9-22(16)13(4)23/h6-7,10-11H,5,8-9H2,1-4H3,(H,20,21,24). The van der Waals surface area contributed by atoms with Gasteiger partial charge < -0.3 is 10.2 Å². The average molecular weight is 357 g/mol. The molecule has 2 amide bonds. The maximum absolute atomic E-state index is 12.1. The number of fused-ring (bicyclic) bond motifs is 1. The molecule has 1 aliphatic rings. The summed E-state index contributed by atoms with van der Waals surface area (Å²) < 4.78 is 0. The van der Waals surface area contributed by atoms with Gasteiger partial charge in [-0.3, -0.25) is 9.59 Å². The number of hydrogen-bond donors (Lipinski definition) is 1. The van der Waals surface area contributed by atoms with Gasteiger partial charge in [0.05, 0.1) is 5.69 Å². The molecule has 1 aliphatic heterocycles. The number of nitrogens with zero attached hydrogens (tertiary/aromatic N) is 2. The number of hydrogen-bond acceptors (Lipinski definition) is 4. The minimum atomic E-state index is -0.0229. The van der Waals surface area contributed by atoms with Crippen LogP contribution in [0.2, 0.25) is 0 Å². The van der Waals surface area contributed by atoms with Crippen molar-refractivity contribution in [3.05, 3.63) is 28.6 Å². The second-order valence-corrected chi connectivity index (χ2v) is 7.69. The molecule has 1 aromatic heterocycles. The lowest BCUT2D eigenvalue weighted by molar-refractivity contribution is -0.119. The zero-order chi connectivity index (χ0) is 18.1. The van der Waals surface area contributed by atoms with Gasteiger partial charge in [0.25, 0.3) is 0 Å². The maximum atomic E-state index is 12.1. The van der Waals surface area contributed by atoms with Crippen LogP contribution in [0, 0.1) is 12.8 Å². The molecule has 0 fully saturated rings. The van der Waals surface area contributed by atoms with Crippen molar-refractivity contribution in [2.45, 2.75) is 40.5 Å². The van der Waals surface area contributed by atoms with E-state index in [9.17, 15) is 9.59 Å². The van der Waals surface area contributed by atoms with E-state index in [1.165, 1.54) is 16.9 Å². The highest BCUT2D eigenvalue weighted by Gasteiger charge is 2.23. The van der Waals surface area contributed by atoms with Crippen LogP contribution < -0.4 is 10.2 Å². The lowest BCUT2D eigenvalue weighted by Gasteiger charge is -2.14. The fourth-order valence-corrected chi connectivity index (χ4v) is 3.85. The van der Waals surface area contributed by atoms with E-state index in [0.29, 0.717) is 5.13 Å². The van der Waals surface area contributed by atoms with E-state index in [1.54, 1.807) is 6.92 Å². The van der Waals surface area contributed by atoms with Crippen molar-refractivity contribution in [1.82, 2.24) is 4.98 Å². The molecule has 2 heterocycles. The maximum Gasteiger partial charge on any atom is 0.228 e. The molecule has 0 saturated carbocycles. The summed E-state index contributed by atoms with van der Waals surface area (Å²) in [6.45, 7) is 8.26. The second kappa shape index (κ2) is 6.96. The van der Waals surface area contributed by atoms with Crippen LogP contribution in [-0.4, -0.2) is 23.3 Å². The van der Waals surface area contributed by atoms with Gasteiger partial charge in [0.2, 0.25) is 11.8 Å². The van der Waals surface area contributed by atoms with Crippen molar-refractivity contribution in [3.63, 3.8) is 0 Å².